The Balaban J connectivity index is 1.56. The maximum Gasteiger partial charge on any atom is 0.141 e. The predicted octanol–water partition coefficient (Wildman–Crippen LogP) is 3.40. The molecule has 1 saturated carbocycles. The van der Waals surface area contributed by atoms with Crippen LogP contribution in [0.1, 0.15) is 40.7 Å². The summed E-state index contributed by atoms with van der Waals surface area (Å²) in [5, 5.41) is 1.22. The molecule has 0 bridgehead atoms. The first-order chi connectivity index (χ1) is 11.2. The first-order valence-electron chi connectivity index (χ1n) is 8.22. The molecule has 23 heavy (non-hydrogen) atoms. The lowest BCUT2D eigenvalue weighted by Gasteiger charge is -2.28. The lowest BCUT2D eigenvalue weighted by Crippen LogP contribution is -2.32. The number of anilines is 1. The number of aromatic nitrogens is 4. The minimum atomic E-state index is 0.713. The van der Waals surface area contributed by atoms with Gasteiger partial charge in [0.2, 0.25) is 0 Å². The molecule has 4 heterocycles. The van der Waals surface area contributed by atoms with Gasteiger partial charge in [-0.2, -0.15) is 0 Å². The van der Waals surface area contributed by atoms with Crippen LogP contribution >= 0.6 is 11.3 Å². The van der Waals surface area contributed by atoms with Gasteiger partial charge in [-0.15, -0.1) is 11.3 Å². The third-order valence-corrected chi connectivity index (χ3v) is 6.24. The third-order valence-electron chi connectivity index (χ3n) is 5.13. The number of hydrogen-bond acceptors (Lipinski definition) is 5. The van der Waals surface area contributed by atoms with Crippen LogP contribution in [-0.4, -0.2) is 26.1 Å². The molecule has 0 atom stereocenters. The second kappa shape index (κ2) is 4.77. The van der Waals surface area contributed by atoms with Crippen molar-refractivity contribution >= 4 is 27.4 Å². The molecule has 3 aromatic heterocycles. The molecule has 0 unspecified atom stereocenters. The molecule has 0 saturated heterocycles. The molecule has 0 aromatic carbocycles. The summed E-state index contributed by atoms with van der Waals surface area (Å²) in [5.41, 5.74) is 3.97. The summed E-state index contributed by atoms with van der Waals surface area (Å²) in [5.74, 6) is 1.07. The summed E-state index contributed by atoms with van der Waals surface area (Å²) in [4.78, 5) is 18.6. The first-order valence-corrected chi connectivity index (χ1v) is 9.04. The monoisotopic (exact) mass is 325 g/mol. The van der Waals surface area contributed by atoms with Gasteiger partial charge in [0.15, 0.2) is 0 Å². The van der Waals surface area contributed by atoms with Crippen molar-refractivity contribution in [1.29, 1.82) is 0 Å². The van der Waals surface area contributed by atoms with Crippen molar-refractivity contribution in [3.05, 3.63) is 34.5 Å². The van der Waals surface area contributed by atoms with E-state index in [1.54, 1.807) is 17.7 Å². The Kier molecular flexibility index (Phi) is 2.80. The Hall–Kier alpha value is -1.95. The summed E-state index contributed by atoms with van der Waals surface area (Å²) < 4.78 is 2.40. The van der Waals surface area contributed by atoms with Crippen molar-refractivity contribution in [3.63, 3.8) is 0 Å². The quantitative estimate of drug-likeness (QED) is 0.724. The van der Waals surface area contributed by atoms with Crippen LogP contribution in [0.4, 0.5) is 5.82 Å². The first kappa shape index (κ1) is 13.5. The van der Waals surface area contributed by atoms with Gasteiger partial charge in [0.05, 0.1) is 24.0 Å². The molecule has 0 amide bonds. The highest BCUT2D eigenvalue weighted by molar-refractivity contribution is 7.18. The van der Waals surface area contributed by atoms with E-state index in [1.807, 2.05) is 6.33 Å². The lowest BCUT2D eigenvalue weighted by atomic mass is 10.1. The zero-order valence-corrected chi connectivity index (χ0v) is 14.2. The van der Waals surface area contributed by atoms with Crippen molar-refractivity contribution in [2.24, 2.45) is 0 Å². The molecule has 5 nitrogen and oxygen atoms in total. The molecule has 2 aliphatic rings. The summed E-state index contributed by atoms with van der Waals surface area (Å²) in [6, 6.07) is 0.713. The Labute approximate surface area is 139 Å². The minimum Gasteiger partial charge on any atom is -0.350 e. The van der Waals surface area contributed by atoms with E-state index in [9.17, 15) is 0 Å². The Morgan fingerprint density at radius 2 is 2.04 bits per heavy atom. The third kappa shape index (κ3) is 2.01. The number of imidazole rings is 1. The average Bonchev–Trinajstić information content (AvgIpc) is 3.25. The van der Waals surface area contributed by atoms with Crippen molar-refractivity contribution in [1.82, 2.24) is 19.5 Å². The van der Waals surface area contributed by atoms with Gasteiger partial charge in [-0.3, -0.25) is 0 Å². The van der Waals surface area contributed by atoms with Crippen LogP contribution in [0.3, 0.4) is 0 Å². The van der Waals surface area contributed by atoms with Crippen molar-refractivity contribution in [2.45, 2.75) is 45.7 Å². The van der Waals surface area contributed by atoms with E-state index in [-0.39, 0.29) is 0 Å². The molecule has 0 N–H and O–H groups in total. The van der Waals surface area contributed by atoms with Gasteiger partial charge < -0.3 is 9.47 Å². The number of rotatable bonds is 2. The zero-order valence-electron chi connectivity index (χ0n) is 13.4. The van der Waals surface area contributed by atoms with Crippen LogP contribution in [0.25, 0.3) is 10.2 Å². The highest BCUT2D eigenvalue weighted by Crippen LogP contribution is 2.39. The molecular formula is C17H19N5S. The minimum absolute atomic E-state index is 0.713. The van der Waals surface area contributed by atoms with Gasteiger partial charge >= 0.3 is 0 Å². The number of nitrogens with zero attached hydrogens (tertiary/aromatic N) is 5. The van der Waals surface area contributed by atoms with Crippen molar-refractivity contribution < 1.29 is 0 Å². The smallest absolute Gasteiger partial charge is 0.141 e. The van der Waals surface area contributed by atoms with Crippen molar-refractivity contribution in [3.8, 4) is 0 Å². The van der Waals surface area contributed by atoms with E-state index in [0.29, 0.717) is 6.04 Å². The fourth-order valence-corrected chi connectivity index (χ4v) is 4.57. The van der Waals surface area contributed by atoms with Gasteiger partial charge in [0.25, 0.3) is 0 Å². The van der Waals surface area contributed by atoms with E-state index in [0.717, 1.165) is 30.2 Å². The molecular weight excluding hydrogens is 306 g/mol. The summed E-state index contributed by atoms with van der Waals surface area (Å²) in [6.07, 6.45) is 7.42. The zero-order chi connectivity index (χ0) is 15.6. The predicted molar refractivity (Wildman–Crippen MR) is 92.1 cm³/mol. The summed E-state index contributed by atoms with van der Waals surface area (Å²) in [6.45, 7) is 6.21. The summed E-state index contributed by atoms with van der Waals surface area (Å²) in [7, 11) is 0. The van der Waals surface area contributed by atoms with Gasteiger partial charge in [0.1, 0.15) is 17.0 Å². The lowest BCUT2D eigenvalue weighted by molar-refractivity contribution is 0.639. The molecule has 0 spiro atoms. The van der Waals surface area contributed by atoms with Crippen molar-refractivity contribution in [2.75, 3.05) is 11.4 Å². The average molecular weight is 325 g/mol. The number of hydrogen-bond donors (Lipinski definition) is 0. The second-order valence-corrected chi connectivity index (χ2v) is 7.81. The van der Waals surface area contributed by atoms with E-state index in [4.69, 9.17) is 0 Å². The van der Waals surface area contributed by atoms with Crippen LogP contribution < -0.4 is 4.90 Å². The highest BCUT2D eigenvalue weighted by atomic mass is 32.1. The fraction of sp³-hybridized carbons (Fsp3) is 0.471. The normalized spacial score (nSPS) is 17.7. The van der Waals surface area contributed by atoms with Gasteiger partial charge in [-0.1, -0.05) is 0 Å². The van der Waals surface area contributed by atoms with Crippen LogP contribution in [0.2, 0.25) is 0 Å². The topological polar surface area (TPSA) is 46.8 Å². The van der Waals surface area contributed by atoms with E-state index in [2.05, 4.69) is 38.3 Å². The molecule has 1 aliphatic carbocycles. The van der Waals surface area contributed by atoms with Crippen LogP contribution in [0, 0.1) is 13.8 Å². The molecule has 118 valence electrons. The molecule has 1 fully saturated rings. The molecule has 5 rings (SSSR count). The molecule has 6 heteroatoms. The number of aryl methyl sites for hydroxylation is 2. The maximum atomic E-state index is 4.68. The van der Waals surface area contributed by atoms with Gasteiger partial charge in [-0.25, -0.2) is 15.0 Å². The molecule has 1 aliphatic heterocycles. The summed E-state index contributed by atoms with van der Waals surface area (Å²) >= 11 is 1.76. The Morgan fingerprint density at radius 1 is 1.17 bits per heavy atom. The largest absolute Gasteiger partial charge is 0.350 e. The van der Waals surface area contributed by atoms with Gasteiger partial charge in [-0.05, 0) is 32.3 Å². The van der Waals surface area contributed by atoms with Gasteiger partial charge in [0, 0.05) is 29.6 Å². The molecule has 3 aromatic rings. The SMILES string of the molecule is Cc1sc2ncnc(N3CCc4c(ncn4C4CC4)C3)c2c1C. The Morgan fingerprint density at radius 3 is 2.87 bits per heavy atom. The van der Waals surface area contributed by atoms with E-state index >= 15 is 0 Å². The van der Waals surface area contributed by atoms with E-state index < -0.39 is 0 Å². The standard InChI is InChI=1S/C17H19N5S/c1-10-11(2)23-17-15(10)16(18-8-19-17)21-6-5-14-13(7-21)20-9-22(14)12-3-4-12/h8-9,12H,3-7H2,1-2H3. The highest BCUT2D eigenvalue weighted by Gasteiger charge is 2.30. The van der Waals surface area contributed by atoms with Crippen LogP contribution in [0.15, 0.2) is 12.7 Å². The Bertz CT molecular complexity index is 905. The number of fused-ring (bicyclic) bond motifs is 2. The van der Waals surface area contributed by atoms with Crippen LogP contribution in [-0.2, 0) is 13.0 Å². The van der Waals surface area contributed by atoms with E-state index in [1.165, 1.54) is 40.1 Å². The fourth-order valence-electron chi connectivity index (χ4n) is 3.58. The van der Waals surface area contributed by atoms with Crippen LogP contribution in [0.5, 0.6) is 0 Å². The maximum absolute atomic E-state index is 4.68. The number of thiophene rings is 1. The second-order valence-electron chi connectivity index (χ2n) is 6.61. The molecule has 0 radical (unpaired) electrons.